The molecule has 11 heavy (non-hydrogen) atoms. The van der Waals surface area contributed by atoms with E-state index in [0.717, 1.165) is 11.1 Å². The molecule has 0 heterocycles. The maximum Gasteiger partial charge on any atom is 1.00 e. The van der Waals surface area contributed by atoms with Crippen molar-refractivity contribution in [2.45, 2.75) is 6.92 Å². The van der Waals surface area contributed by atoms with Crippen LogP contribution >= 0.6 is 0 Å². The molecule has 0 fully saturated rings. The fourth-order valence-electron chi connectivity index (χ4n) is 0.798. The van der Waals surface area contributed by atoms with Gasteiger partial charge in [-0.15, -0.1) is 12.1 Å². The van der Waals surface area contributed by atoms with Gasteiger partial charge in [-0.2, -0.15) is 0 Å². The molecule has 0 spiro atoms. The molecule has 2 heteroatoms. The molecule has 0 aromatic heterocycles. The second kappa shape index (κ2) is 5.11. The van der Waals surface area contributed by atoms with Crippen molar-refractivity contribution in [2.75, 3.05) is 0 Å². The van der Waals surface area contributed by atoms with Crippen molar-refractivity contribution >= 4 is 6.29 Å². The molecule has 1 aromatic carbocycles. The fourth-order valence-corrected chi connectivity index (χ4v) is 0.798. The SMILES string of the molecule is [CH2-]c1c(C)cccc1[C-]=O.[K+]. The third-order valence-electron chi connectivity index (χ3n) is 1.52. The quantitative estimate of drug-likeness (QED) is 0.377. The van der Waals surface area contributed by atoms with Gasteiger partial charge in [-0.25, -0.2) is 11.6 Å². The van der Waals surface area contributed by atoms with Gasteiger partial charge in [0.25, 0.3) is 0 Å². The smallest absolute Gasteiger partial charge is 0.391 e. The van der Waals surface area contributed by atoms with Crippen molar-refractivity contribution in [3.05, 3.63) is 41.8 Å². The number of hydrogen-bond acceptors (Lipinski definition) is 1. The van der Waals surface area contributed by atoms with Gasteiger partial charge in [0.1, 0.15) is 0 Å². The molecule has 0 atom stereocenters. The van der Waals surface area contributed by atoms with E-state index in [0.29, 0.717) is 5.56 Å². The standard InChI is InChI=1S/C9H8O.K/c1-7-4-3-5-9(6-10)8(7)2;/h3-5H,2H2,1H3;/q-2;+1. The molecule has 0 aliphatic rings. The summed E-state index contributed by atoms with van der Waals surface area (Å²) in [5.74, 6) is 0. The van der Waals surface area contributed by atoms with Gasteiger partial charge >= 0.3 is 51.4 Å². The van der Waals surface area contributed by atoms with Crippen LogP contribution in [0.15, 0.2) is 18.2 Å². The topological polar surface area (TPSA) is 17.1 Å². The fraction of sp³-hybridized carbons (Fsp3) is 0.111. The average Bonchev–Trinajstić information content (AvgIpc) is 1.95. The minimum absolute atomic E-state index is 0. The Balaban J connectivity index is 0.000001000. The molecule has 0 radical (unpaired) electrons. The van der Waals surface area contributed by atoms with Crippen LogP contribution in [0.1, 0.15) is 16.7 Å². The molecule has 52 valence electrons. The third-order valence-corrected chi connectivity index (χ3v) is 1.52. The van der Waals surface area contributed by atoms with E-state index in [1.165, 1.54) is 0 Å². The van der Waals surface area contributed by atoms with Crippen molar-refractivity contribution in [3.8, 4) is 0 Å². The van der Waals surface area contributed by atoms with Gasteiger partial charge in [-0.3, -0.25) is 18.1 Å². The molecule has 0 bridgehead atoms. The van der Waals surface area contributed by atoms with Gasteiger partial charge in [0, 0.05) is 0 Å². The first kappa shape index (κ1) is 11.4. The first-order chi connectivity index (χ1) is 4.75. The van der Waals surface area contributed by atoms with E-state index in [-0.39, 0.29) is 51.4 Å². The molecule has 0 aliphatic carbocycles. The maximum atomic E-state index is 10.2. The van der Waals surface area contributed by atoms with Crippen LogP contribution in [0.5, 0.6) is 0 Å². The molecule has 1 aromatic rings. The van der Waals surface area contributed by atoms with Crippen LogP contribution in [0.25, 0.3) is 0 Å². The average molecular weight is 171 g/mol. The Bertz CT molecular complexity index is 256. The molecule has 0 saturated carbocycles. The van der Waals surface area contributed by atoms with Gasteiger partial charge in [-0.1, -0.05) is 6.92 Å². The maximum absolute atomic E-state index is 10.2. The summed E-state index contributed by atoms with van der Waals surface area (Å²) in [6.07, 6.45) is 1.82. The van der Waals surface area contributed by atoms with E-state index >= 15 is 0 Å². The Morgan fingerprint density at radius 2 is 2.09 bits per heavy atom. The molecule has 0 saturated heterocycles. The van der Waals surface area contributed by atoms with Crippen molar-refractivity contribution in [1.29, 1.82) is 0 Å². The van der Waals surface area contributed by atoms with E-state index in [9.17, 15) is 4.79 Å². The summed E-state index contributed by atoms with van der Waals surface area (Å²) in [5, 5.41) is 0. The molecule has 1 rings (SSSR count). The summed E-state index contributed by atoms with van der Waals surface area (Å²) >= 11 is 0. The summed E-state index contributed by atoms with van der Waals surface area (Å²) in [7, 11) is 0. The minimum atomic E-state index is 0. The Morgan fingerprint density at radius 1 is 1.45 bits per heavy atom. The Hall–Kier alpha value is 0.396. The number of aryl methyl sites for hydroxylation is 1. The molecule has 0 unspecified atom stereocenters. The van der Waals surface area contributed by atoms with Crippen molar-refractivity contribution < 1.29 is 56.2 Å². The largest absolute Gasteiger partial charge is 1.00 e. The number of rotatable bonds is 1. The molecule has 0 amide bonds. The predicted molar refractivity (Wildman–Crippen MR) is 40.4 cm³/mol. The predicted octanol–water partition coefficient (Wildman–Crippen LogP) is -1.36. The van der Waals surface area contributed by atoms with E-state index in [1.54, 1.807) is 6.07 Å². The van der Waals surface area contributed by atoms with Crippen LogP contribution in [-0.4, -0.2) is 6.29 Å². The van der Waals surface area contributed by atoms with Crippen molar-refractivity contribution in [1.82, 2.24) is 0 Å². The molecule has 0 aliphatic heterocycles. The van der Waals surface area contributed by atoms with Crippen LogP contribution in [0, 0.1) is 13.8 Å². The number of hydrogen-bond donors (Lipinski definition) is 0. The molecule has 1 nitrogen and oxygen atoms in total. The number of benzene rings is 1. The van der Waals surface area contributed by atoms with E-state index in [2.05, 4.69) is 6.92 Å². The number of carbonyl (C=O) groups excluding carboxylic acids is 1. The summed E-state index contributed by atoms with van der Waals surface area (Å²) in [6, 6.07) is 5.45. The normalized spacial score (nSPS) is 8.45. The molecular weight excluding hydrogens is 163 g/mol. The Labute approximate surface area is 110 Å². The second-order valence-corrected chi connectivity index (χ2v) is 2.20. The van der Waals surface area contributed by atoms with Crippen molar-refractivity contribution in [2.24, 2.45) is 0 Å². The van der Waals surface area contributed by atoms with Crippen LogP contribution in [0.4, 0.5) is 0 Å². The van der Waals surface area contributed by atoms with E-state index < -0.39 is 0 Å². The van der Waals surface area contributed by atoms with Crippen LogP contribution < -0.4 is 51.4 Å². The first-order valence-electron chi connectivity index (χ1n) is 3.05. The van der Waals surface area contributed by atoms with E-state index in [4.69, 9.17) is 0 Å². The summed E-state index contributed by atoms with van der Waals surface area (Å²) < 4.78 is 0. The zero-order chi connectivity index (χ0) is 7.56. The van der Waals surface area contributed by atoms with Crippen LogP contribution in [0.3, 0.4) is 0 Å². The summed E-state index contributed by atoms with van der Waals surface area (Å²) in [6.45, 7) is 5.65. The van der Waals surface area contributed by atoms with Gasteiger partial charge in [0.05, 0.1) is 0 Å². The van der Waals surface area contributed by atoms with E-state index in [1.807, 2.05) is 25.3 Å². The van der Waals surface area contributed by atoms with Gasteiger partial charge < -0.3 is 4.79 Å². The summed E-state index contributed by atoms with van der Waals surface area (Å²) in [4.78, 5) is 10.2. The second-order valence-electron chi connectivity index (χ2n) is 2.20. The monoisotopic (exact) mass is 171 g/mol. The van der Waals surface area contributed by atoms with Gasteiger partial charge in [0.2, 0.25) is 0 Å². The van der Waals surface area contributed by atoms with Gasteiger partial charge in [-0.05, 0) is 6.29 Å². The Morgan fingerprint density at radius 3 is 2.55 bits per heavy atom. The molecule has 0 N–H and O–H groups in total. The zero-order valence-corrected chi connectivity index (χ0v) is 9.97. The minimum Gasteiger partial charge on any atom is -0.391 e. The molecular formula is C9H8KO-. The van der Waals surface area contributed by atoms with Crippen LogP contribution in [0.2, 0.25) is 0 Å². The van der Waals surface area contributed by atoms with Gasteiger partial charge in [0.15, 0.2) is 0 Å². The third kappa shape index (κ3) is 2.73. The summed E-state index contributed by atoms with van der Waals surface area (Å²) in [5.41, 5.74) is 2.36. The van der Waals surface area contributed by atoms with Crippen molar-refractivity contribution in [3.63, 3.8) is 0 Å². The van der Waals surface area contributed by atoms with Crippen LogP contribution in [-0.2, 0) is 4.79 Å². The first-order valence-corrected chi connectivity index (χ1v) is 3.05. The zero-order valence-electron chi connectivity index (χ0n) is 6.85. The Kier molecular flexibility index (Phi) is 5.30.